The predicted octanol–water partition coefficient (Wildman–Crippen LogP) is 2.60. The molecule has 1 unspecified atom stereocenters. The minimum absolute atomic E-state index is 0.0629. The SMILES string of the molecule is CCOC(Cc1ccc(OCCn2c(CC)nc3ccccc3c2=O)cc1)C(=O)O.NCCCC[C@H](N)C(=O)O. The molecule has 1 aromatic heterocycles. The summed E-state index contributed by atoms with van der Waals surface area (Å²) in [6.07, 6.45) is 2.25. The van der Waals surface area contributed by atoms with Crippen LogP contribution in [0.3, 0.4) is 0 Å². The van der Waals surface area contributed by atoms with E-state index in [0.717, 1.165) is 24.2 Å². The highest BCUT2D eigenvalue weighted by Crippen LogP contribution is 2.15. The van der Waals surface area contributed by atoms with Gasteiger partial charge in [0.1, 0.15) is 24.2 Å². The van der Waals surface area contributed by atoms with Crippen molar-refractivity contribution in [2.75, 3.05) is 19.8 Å². The summed E-state index contributed by atoms with van der Waals surface area (Å²) in [4.78, 5) is 38.8. The van der Waals surface area contributed by atoms with Gasteiger partial charge in [-0.15, -0.1) is 0 Å². The normalized spacial score (nSPS) is 12.3. The Morgan fingerprint density at radius 3 is 2.33 bits per heavy atom. The first-order valence-corrected chi connectivity index (χ1v) is 13.4. The molecule has 0 aliphatic rings. The number of unbranched alkanes of at least 4 members (excludes halogenated alkanes) is 1. The van der Waals surface area contributed by atoms with Crippen LogP contribution in [0.2, 0.25) is 0 Å². The first kappa shape index (κ1) is 32.4. The number of hydrogen-bond donors (Lipinski definition) is 4. The van der Waals surface area contributed by atoms with E-state index < -0.39 is 24.1 Å². The number of aliphatic carboxylic acids is 2. The van der Waals surface area contributed by atoms with Crippen LogP contribution in [0.5, 0.6) is 5.75 Å². The van der Waals surface area contributed by atoms with Gasteiger partial charge < -0.3 is 31.2 Å². The second-order valence-electron chi connectivity index (χ2n) is 9.06. The number of rotatable bonds is 15. The zero-order valence-electron chi connectivity index (χ0n) is 23.1. The number of nitrogens with zero attached hydrogens (tertiary/aromatic N) is 2. The lowest BCUT2D eigenvalue weighted by Crippen LogP contribution is -2.29. The summed E-state index contributed by atoms with van der Waals surface area (Å²) in [7, 11) is 0. The van der Waals surface area contributed by atoms with Crippen LogP contribution in [0, 0.1) is 0 Å². The second kappa shape index (κ2) is 17.0. The Kier molecular flexibility index (Phi) is 13.8. The summed E-state index contributed by atoms with van der Waals surface area (Å²) >= 11 is 0. The van der Waals surface area contributed by atoms with Crippen molar-refractivity contribution in [3.8, 4) is 5.75 Å². The lowest BCUT2D eigenvalue weighted by molar-refractivity contribution is -0.150. The van der Waals surface area contributed by atoms with E-state index in [1.807, 2.05) is 37.3 Å². The number of aryl methyl sites for hydroxylation is 1. The van der Waals surface area contributed by atoms with E-state index >= 15 is 0 Å². The molecule has 11 nitrogen and oxygen atoms in total. The fourth-order valence-corrected chi connectivity index (χ4v) is 3.96. The van der Waals surface area contributed by atoms with E-state index in [1.54, 1.807) is 29.7 Å². The van der Waals surface area contributed by atoms with Gasteiger partial charge in [0.15, 0.2) is 6.10 Å². The number of carboxylic acids is 2. The van der Waals surface area contributed by atoms with Gasteiger partial charge in [-0.05, 0) is 56.1 Å². The fraction of sp³-hybridized carbons (Fsp3) is 0.448. The molecule has 0 aliphatic carbocycles. The van der Waals surface area contributed by atoms with E-state index in [0.29, 0.717) is 62.2 Å². The smallest absolute Gasteiger partial charge is 0.333 e. The molecular formula is C29H40N4O7. The molecule has 40 heavy (non-hydrogen) atoms. The van der Waals surface area contributed by atoms with Crippen LogP contribution in [0.4, 0.5) is 0 Å². The van der Waals surface area contributed by atoms with Crippen molar-refractivity contribution in [3.63, 3.8) is 0 Å². The Labute approximate surface area is 233 Å². The van der Waals surface area contributed by atoms with Gasteiger partial charge in [-0.25, -0.2) is 9.78 Å². The molecule has 3 aromatic rings. The third-order valence-corrected chi connectivity index (χ3v) is 6.11. The van der Waals surface area contributed by atoms with E-state index in [2.05, 4.69) is 4.98 Å². The molecule has 0 spiro atoms. The van der Waals surface area contributed by atoms with E-state index in [9.17, 15) is 19.5 Å². The molecule has 218 valence electrons. The molecule has 0 saturated carbocycles. The first-order valence-electron chi connectivity index (χ1n) is 13.4. The van der Waals surface area contributed by atoms with Gasteiger partial charge in [0.05, 0.1) is 17.4 Å². The minimum atomic E-state index is -0.974. The summed E-state index contributed by atoms with van der Waals surface area (Å²) in [6.45, 7) is 5.41. The molecule has 0 bridgehead atoms. The van der Waals surface area contributed by atoms with Crippen LogP contribution in [0.1, 0.15) is 44.5 Å². The molecule has 2 atom stereocenters. The molecule has 1 heterocycles. The molecule has 6 N–H and O–H groups in total. The molecule has 0 fully saturated rings. The molecule has 0 saturated heterocycles. The number of carbonyl (C=O) groups is 2. The van der Waals surface area contributed by atoms with Crippen LogP contribution in [-0.4, -0.2) is 63.6 Å². The standard InChI is InChI=1S/C23H26N2O5.C6H14N2O2/c1-3-21-24-19-8-6-5-7-18(19)22(26)25(21)13-14-30-17-11-9-16(10-12-17)15-20(23(27)28)29-4-2;7-4-2-1-3-5(8)6(9)10/h5-12,20H,3-4,13-15H2,1-2H3,(H,27,28);5H,1-4,7-8H2,(H,9,10)/t;5-/m.0/s1. The molecule has 0 aliphatic heterocycles. The summed E-state index contributed by atoms with van der Waals surface area (Å²) in [5.41, 5.74) is 11.9. The maximum absolute atomic E-state index is 12.8. The second-order valence-corrected chi connectivity index (χ2v) is 9.06. The highest BCUT2D eigenvalue weighted by molar-refractivity contribution is 5.77. The Morgan fingerprint density at radius 1 is 1.02 bits per heavy atom. The molecular weight excluding hydrogens is 516 g/mol. The highest BCUT2D eigenvalue weighted by Gasteiger charge is 2.18. The number of benzene rings is 2. The number of fused-ring (bicyclic) bond motifs is 1. The average molecular weight is 557 g/mol. The van der Waals surface area contributed by atoms with Gasteiger partial charge >= 0.3 is 11.9 Å². The van der Waals surface area contributed by atoms with E-state index in [-0.39, 0.29) is 5.56 Å². The highest BCUT2D eigenvalue weighted by atomic mass is 16.5. The number of carboxylic acid groups (broad SMARTS) is 2. The van der Waals surface area contributed by atoms with E-state index in [4.69, 9.17) is 26.0 Å². The van der Waals surface area contributed by atoms with Crippen molar-refractivity contribution < 1.29 is 29.3 Å². The Balaban J connectivity index is 0.000000478. The molecule has 11 heteroatoms. The van der Waals surface area contributed by atoms with Crippen molar-refractivity contribution >= 4 is 22.8 Å². The summed E-state index contributed by atoms with van der Waals surface area (Å²) < 4.78 is 12.7. The summed E-state index contributed by atoms with van der Waals surface area (Å²) in [6, 6.07) is 13.9. The van der Waals surface area contributed by atoms with Crippen molar-refractivity contribution in [2.24, 2.45) is 11.5 Å². The van der Waals surface area contributed by atoms with Gasteiger partial charge in [0.25, 0.3) is 5.56 Å². The maximum atomic E-state index is 12.8. The quantitative estimate of drug-likeness (QED) is 0.203. The van der Waals surface area contributed by atoms with Gasteiger partial charge in [-0.1, -0.05) is 37.6 Å². The lowest BCUT2D eigenvalue weighted by atomic mass is 10.1. The van der Waals surface area contributed by atoms with Crippen molar-refractivity contribution in [1.29, 1.82) is 0 Å². The van der Waals surface area contributed by atoms with Crippen LogP contribution in [0.15, 0.2) is 53.3 Å². The summed E-state index contributed by atoms with van der Waals surface area (Å²) in [5.74, 6) is -0.523. The Bertz CT molecular complexity index is 1280. The number of hydrogen-bond acceptors (Lipinski definition) is 8. The predicted molar refractivity (Wildman–Crippen MR) is 153 cm³/mol. The monoisotopic (exact) mass is 556 g/mol. The zero-order valence-corrected chi connectivity index (χ0v) is 23.1. The van der Waals surface area contributed by atoms with Gasteiger partial charge in [-0.3, -0.25) is 14.2 Å². The molecule has 0 radical (unpaired) electrons. The zero-order chi connectivity index (χ0) is 29.5. The number of nitrogens with two attached hydrogens (primary N) is 2. The topological polar surface area (TPSA) is 180 Å². The largest absolute Gasteiger partial charge is 0.492 e. The van der Waals surface area contributed by atoms with Crippen LogP contribution >= 0.6 is 0 Å². The maximum Gasteiger partial charge on any atom is 0.333 e. The van der Waals surface area contributed by atoms with Crippen molar-refractivity contribution in [2.45, 2.75) is 64.6 Å². The number of aromatic nitrogens is 2. The summed E-state index contributed by atoms with van der Waals surface area (Å²) in [5, 5.41) is 18.1. The van der Waals surface area contributed by atoms with Crippen LogP contribution in [-0.2, 0) is 33.7 Å². The van der Waals surface area contributed by atoms with Crippen LogP contribution < -0.4 is 21.8 Å². The van der Waals surface area contributed by atoms with Gasteiger partial charge in [-0.2, -0.15) is 0 Å². The number of ether oxygens (including phenoxy) is 2. The fourth-order valence-electron chi connectivity index (χ4n) is 3.96. The molecule has 0 amide bonds. The van der Waals surface area contributed by atoms with Gasteiger partial charge in [0, 0.05) is 19.4 Å². The molecule has 2 aromatic carbocycles. The third kappa shape index (κ3) is 10.1. The Hall–Kier alpha value is -3.80. The minimum Gasteiger partial charge on any atom is -0.492 e. The Morgan fingerprint density at radius 2 is 1.73 bits per heavy atom. The van der Waals surface area contributed by atoms with Crippen LogP contribution in [0.25, 0.3) is 10.9 Å². The van der Waals surface area contributed by atoms with Crippen molar-refractivity contribution in [1.82, 2.24) is 9.55 Å². The number of para-hydroxylation sites is 1. The van der Waals surface area contributed by atoms with E-state index in [1.165, 1.54) is 0 Å². The van der Waals surface area contributed by atoms with Crippen molar-refractivity contribution in [3.05, 3.63) is 70.3 Å². The average Bonchev–Trinajstić information content (AvgIpc) is 2.95. The first-order chi connectivity index (χ1) is 19.2. The van der Waals surface area contributed by atoms with Gasteiger partial charge in [0.2, 0.25) is 0 Å². The molecule has 3 rings (SSSR count). The third-order valence-electron chi connectivity index (χ3n) is 6.11. The lowest BCUT2D eigenvalue weighted by Gasteiger charge is -2.14.